The summed E-state index contributed by atoms with van der Waals surface area (Å²) in [5.74, 6) is 1.90. The Morgan fingerprint density at radius 3 is 3.15 bits per heavy atom. The van der Waals surface area contributed by atoms with Crippen molar-refractivity contribution in [1.82, 2.24) is 9.97 Å². The van der Waals surface area contributed by atoms with Crippen LogP contribution in [-0.4, -0.2) is 22.6 Å². The average molecular weight is 283 g/mol. The number of para-hydroxylation sites is 1. The topological polar surface area (TPSA) is 47.0 Å². The van der Waals surface area contributed by atoms with E-state index in [1.165, 1.54) is 5.56 Å². The third-order valence-electron chi connectivity index (χ3n) is 3.45. The lowest BCUT2D eigenvalue weighted by Crippen LogP contribution is -2.24. The minimum Gasteiger partial charge on any atom is -0.488 e. The van der Waals surface area contributed by atoms with Crippen molar-refractivity contribution in [2.75, 3.05) is 11.9 Å². The van der Waals surface area contributed by atoms with E-state index in [0.29, 0.717) is 0 Å². The quantitative estimate of drug-likeness (QED) is 0.802. The molecule has 0 radical (unpaired) electrons. The van der Waals surface area contributed by atoms with Crippen LogP contribution in [0.4, 0.5) is 5.82 Å². The molecule has 4 rings (SSSR count). The second-order valence-corrected chi connectivity index (χ2v) is 5.71. The van der Waals surface area contributed by atoms with Gasteiger partial charge in [0.25, 0.3) is 0 Å². The van der Waals surface area contributed by atoms with Gasteiger partial charge in [-0.05, 0) is 23.1 Å². The lowest BCUT2D eigenvalue weighted by atomic mass is 10.1. The molecule has 0 amide bonds. The average Bonchev–Trinajstić information content (AvgIpc) is 3.11. The van der Waals surface area contributed by atoms with Crippen molar-refractivity contribution in [2.24, 2.45) is 0 Å². The fourth-order valence-corrected chi connectivity index (χ4v) is 3.30. The zero-order valence-electron chi connectivity index (χ0n) is 10.7. The van der Waals surface area contributed by atoms with Gasteiger partial charge in [-0.1, -0.05) is 18.2 Å². The molecule has 1 aliphatic rings. The highest BCUT2D eigenvalue weighted by molar-refractivity contribution is 7.17. The molecule has 0 bridgehead atoms. The largest absolute Gasteiger partial charge is 0.488 e. The number of thiophene rings is 1. The summed E-state index contributed by atoms with van der Waals surface area (Å²) < 4.78 is 7.02. The summed E-state index contributed by atoms with van der Waals surface area (Å²) in [4.78, 5) is 8.56. The first kappa shape index (κ1) is 11.7. The van der Waals surface area contributed by atoms with Crippen LogP contribution < -0.4 is 10.1 Å². The highest BCUT2D eigenvalue weighted by atomic mass is 32.1. The number of nitrogens with one attached hydrogen (secondary N) is 1. The zero-order valence-corrected chi connectivity index (χ0v) is 11.6. The molecule has 20 heavy (non-hydrogen) atoms. The third-order valence-corrected chi connectivity index (χ3v) is 4.36. The second kappa shape index (κ2) is 4.76. The van der Waals surface area contributed by atoms with Crippen LogP contribution in [0.1, 0.15) is 5.56 Å². The number of ether oxygens (including phenoxy) is 1. The molecule has 2 aromatic heterocycles. The molecule has 4 nitrogen and oxygen atoms in total. The van der Waals surface area contributed by atoms with Gasteiger partial charge in [-0.3, -0.25) is 0 Å². The van der Waals surface area contributed by atoms with Crippen LogP contribution in [-0.2, 0) is 6.42 Å². The lowest BCUT2D eigenvalue weighted by Gasteiger charge is -2.12. The van der Waals surface area contributed by atoms with Crippen LogP contribution in [0.3, 0.4) is 0 Å². The van der Waals surface area contributed by atoms with Crippen molar-refractivity contribution >= 4 is 27.4 Å². The van der Waals surface area contributed by atoms with Gasteiger partial charge in [-0.25, -0.2) is 9.97 Å². The molecule has 1 aliphatic heterocycles. The van der Waals surface area contributed by atoms with E-state index in [2.05, 4.69) is 27.4 Å². The molecule has 3 heterocycles. The van der Waals surface area contributed by atoms with E-state index < -0.39 is 0 Å². The summed E-state index contributed by atoms with van der Waals surface area (Å²) in [7, 11) is 0. The summed E-state index contributed by atoms with van der Waals surface area (Å²) in [6.45, 7) is 0.749. The van der Waals surface area contributed by atoms with E-state index in [9.17, 15) is 0 Å². The van der Waals surface area contributed by atoms with Crippen molar-refractivity contribution in [1.29, 1.82) is 0 Å². The summed E-state index contributed by atoms with van der Waals surface area (Å²) in [6, 6.07) is 10.2. The van der Waals surface area contributed by atoms with E-state index in [-0.39, 0.29) is 6.10 Å². The van der Waals surface area contributed by atoms with Gasteiger partial charge in [0, 0.05) is 6.42 Å². The van der Waals surface area contributed by atoms with E-state index in [4.69, 9.17) is 4.74 Å². The molecular formula is C15H13N3OS. The number of anilines is 1. The van der Waals surface area contributed by atoms with Crippen LogP contribution in [0.5, 0.6) is 5.75 Å². The molecule has 0 spiro atoms. The maximum Gasteiger partial charge on any atom is 0.147 e. The Kier molecular flexibility index (Phi) is 2.77. The molecule has 0 saturated heterocycles. The highest BCUT2D eigenvalue weighted by Gasteiger charge is 2.22. The minimum atomic E-state index is 0.164. The van der Waals surface area contributed by atoms with E-state index in [1.807, 2.05) is 23.6 Å². The Bertz CT molecular complexity index is 730. The zero-order chi connectivity index (χ0) is 13.4. The number of hydrogen-bond acceptors (Lipinski definition) is 5. The van der Waals surface area contributed by atoms with Crippen LogP contribution in [0.25, 0.3) is 10.2 Å². The number of nitrogens with zero attached hydrogens (tertiary/aromatic N) is 2. The summed E-state index contributed by atoms with van der Waals surface area (Å²) in [5.41, 5.74) is 2.27. The fraction of sp³-hybridized carbons (Fsp3) is 0.200. The van der Waals surface area contributed by atoms with Crippen molar-refractivity contribution in [2.45, 2.75) is 12.5 Å². The van der Waals surface area contributed by atoms with Crippen LogP contribution in [0.15, 0.2) is 42.0 Å². The summed E-state index contributed by atoms with van der Waals surface area (Å²) in [6.07, 6.45) is 2.71. The summed E-state index contributed by atoms with van der Waals surface area (Å²) >= 11 is 1.66. The maximum atomic E-state index is 5.92. The van der Waals surface area contributed by atoms with Crippen molar-refractivity contribution < 1.29 is 4.74 Å². The van der Waals surface area contributed by atoms with Gasteiger partial charge in [-0.15, -0.1) is 11.3 Å². The molecule has 1 N–H and O–H groups in total. The summed E-state index contributed by atoms with van der Waals surface area (Å²) in [5, 5.41) is 5.42. The first-order valence-electron chi connectivity index (χ1n) is 6.57. The van der Waals surface area contributed by atoms with Gasteiger partial charge in [0.15, 0.2) is 0 Å². The Labute approximate surface area is 120 Å². The Morgan fingerprint density at radius 1 is 1.25 bits per heavy atom. The predicted octanol–water partition coefficient (Wildman–Crippen LogP) is 3.11. The molecule has 0 saturated carbocycles. The van der Waals surface area contributed by atoms with Crippen LogP contribution in [0.2, 0.25) is 0 Å². The first-order valence-corrected chi connectivity index (χ1v) is 7.45. The SMILES string of the molecule is c1ccc2c(c1)C[C@@H](CNc1ncnc3ccsc13)O2. The number of hydrogen-bond donors (Lipinski definition) is 1. The molecule has 0 unspecified atom stereocenters. The van der Waals surface area contributed by atoms with Gasteiger partial charge >= 0.3 is 0 Å². The van der Waals surface area contributed by atoms with E-state index >= 15 is 0 Å². The van der Waals surface area contributed by atoms with Crippen LogP contribution in [0, 0.1) is 0 Å². The smallest absolute Gasteiger partial charge is 0.147 e. The number of fused-ring (bicyclic) bond motifs is 2. The number of benzene rings is 1. The minimum absolute atomic E-state index is 0.164. The van der Waals surface area contributed by atoms with Crippen LogP contribution >= 0.6 is 11.3 Å². The molecule has 100 valence electrons. The molecule has 1 atom stereocenters. The molecule has 5 heteroatoms. The molecule has 0 fully saturated rings. The Hall–Kier alpha value is -2.14. The molecule has 1 aromatic carbocycles. The normalized spacial score (nSPS) is 16.9. The molecular weight excluding hydrogens is 270 g/mol. The second-order valence-electron chi connectivity index (χ2n) is 4.79. The van der Waals surface area contributed by atoms with E-state index in [1.54, 1.807) is 17.7 Å². The van der Waals surface area contributed by atoms with Gasteiger partial charge in [-0.2, -0.15) is 0 Å². The van der Waals surface area contributed by atoms with Gasteiger partial charge in [0.1, 0.15) is 24.0 Å². The Morgan fingerprint density at radius 2 is 2.20 bits per heavy atom. The van der Waals surface area contributed by atoms with Crippen molar-refractivity contribution in [3.63, 3.8) is 0 Å². The number of rotatable bonds is 3. The fourth-order valence-electron chi connectivity index (χ4n) is 2.49. The predicted molar refractivity (Wildman–Crippen MR) is 80.5 cm³/mol. The third kappa shape index (κ3) is 2.00. The van der Waals surface area contributed by atoms with Gasteiger partial charge < -0.3 is 10.1 Å². The van der Waals surface area contributed by atoms with E-state index in [0.717, 1.165) is 34.7 Å². The highest BCUT2D eigenvalue weighted by Crippen LogP contribution is 2.29. The first-order chi connectivity index (χ1) is 9.90. The standard InChI is InChI=1S/C15H13N3OS/c1-2-4-13-10(3-1)7-11(19-13)8-16-15-14-12(5-6-20-14)17-9-18-15/h1-6,9,11H,7-8H2,(H,16,17,18)/t11-/m0/s1. The van der Waals surface area contributed by atoms with Gasteiger partial charge in [0.05, 0.1) is 16.8 Å². The Balaban J connectivity index is 1.48. The lowest BCUT2D eigenvalue weighted by molar-refractivity contribution is 0.246. The molecule has 0 aliphatic carbocycles. The maximum absolute atomic E-state index is 5.92. The number of aromatic nitrogens is 2. The molecule has 3 aromatic rings. The van der Waals surface area contributed by atoms with Crippen molar-refractivity contribution in [3.8, 4) is 5.75 Å². The van der Waals surface area contributed by atoms with Gasteiger partial charge in [0.2, 0.25) is 0 Å². The monoisotopic (exact) mass is 283 g/mol. The van der Waals surface area contributed by atoms with Crippen molar-refractivity contribution in [3.05, 3.63) is 47.6 Å².